The van der Waals surface area contributed by atoms with Crippen LogP contribution >= 0.6 is 11.6 Å². The largest absolute Gasteiger partial charge is 0.481 e. The number of aliphatic carboxylic acids is 1. The first-order valence-electron chi connectivity index (χ1n) is 13.1. The van der Waals surface area contributed by atoms with Gasteiger partial charge >= 0.3 is 18.2 Å². The number of amides is 2. The molecule has 0 spiro atoms. The molecule has 3 aromatic rings. The van der Waals surface area contributed by atoms with Crippen molar-refractivity contribution in [3.05, 3.63) is 88.4 Å². The lowest BCUT2D eigenvalue weighted by atomic mass is 9.98. The number of nitrogens with one attached hydrogen (secondary N) is 1. The van der Waals surface area contributed by atoms with Gasteiger partial charge in [0.25, 0.3) is 0 Å². The van der Waals surface area contributed by atoms with Gasteiger partial charge in [-0.15, -0.1) is 0 Å². The minimum atomic E-state index is -0.956. The van der Waals surface area contributed by atoms with Gasteiger partial charge in [0, 0.05) is 29.6 Å². The van der Waals surface area contributed by atoms with Gasteiger partial charge in [-0.1, -0.05) is 60.1 Å². The fourth-order valence-corrected chi connectivity index (χ4v) is 4.97. The molecule has 0 saturated heterocycles. The zero-order valence-corrected chi connectivity index (χ0v) is 23.5. The van der Waals surface area contributed by atoms with Crippen LogP contribution in [0.1, 0.15) is 56.2 Å². The van der Waals surface area contributed by atoms with Gasteiger partial charge in [0.2, 0.25) is 0 Å². The Hall–Kier alpha value is -4.04. The molecule has 40 heavy (non-hydrogen) atoms. The lowest BCUT2D eigenvalue weighted by Crippen LogP contribution is -2.34. The van der Waals surface area contributed by atoms with E-state index in [0.717, 1.165) is 22.3 Å². The predicted molar refractivity (Wildman–Crippen MR) is 154 cm³/mol. The number of halogens is 1. The number of hydrogen-bond acceptors (Lipinski definition) is 5. The second-order valence-electron chi connectivity index (χ2n) is 10.7. The van der Waals surface area contributed by atoms with E-state index in [1.807, 2.05) is 36.4 Å². The molecule has 0 saturated carbocycles. The minimum Gasteiger partial charge on any atom is -0.481 e. The molecule has 210 valence electrons. The van der Waals surface area contributed by atoms with E-state index in [2.05, 4.69) is 17.4 Å². The highest BCUT2D eigenvalue weighted by Crippen LogP contribution is 2.44. The number of carbonyl (C=O) groups is 3. The highest BCUT2D eigenvalue weighted by Gasteiger charge is 2.30. The fourth-order valence-electron chi connectivity index (χ4n) is 4.78. The van der Waals surface area contributed by atoms with Gasteiger partial charge in [-0.05, 0) is 73.2 Å². The van der Waals surface area contributed by atoms with Crippen LogP contribution in [0.5, 0.6) is 0 Å². The summed E-state index contributed by atoms with van der Waals surface area (Å²) < 4.78 is 11.2. The molecule has 8 nitrogen and oxygen atoms in total. The van der Waals surface area contributed by atoms with Crippen molar-refractivity contribution < 1.29 is 29.0 Å². The van der Waals surface area contributed by atoms with E-state index >= 15 is 0 Å². The Balaban J connectivity index is 1.53. The van der Waals surface area contributed by atoms with E-state index in [1.54, 1.807) is 39.0 Å². The number of fused-ring (bicyclic) bond motifs is 3. The third-order valence-electron chi connectivity index (χ3n) is 6.48. The number of benzene rings is 3. The summed E-state index contributed by atoms with van der Waals surface area (Å²) in [5, 5.41) is 12.3. The topological polar surface area (TPSA) is 105 Å². The first-order chi connectivity index (χ1) is 19.0. The van der Waals surface area contributed by atoms with Gasteiger partial charge < -0.3 is 19.5 Å². The summed E-state index contributed by atoms with van der Waals surface area (Å²) in [5.74, 6) is -1.07. The first-order valence-corrected chi connectivity index (χ1v) is 13.5. The van der Waals surface area contributed by atoms with Crippen molar-refractivity contribution in [3.63, 3.8) is 0 Å². The predicted octanol–water partition coefficient (Wildman–Crippen LogP) is 7.30. The van der Waals surface area contributed by atoms with E-state index in [4.69, 9.17) is 26.2 Å². The van der Waals surface area contributed by atoms with E-state index in [0.29, 0.717) is 16.3 Å². The van der Waals surface area contributed by atoms with Crippen LogP contribution in [-0.4, -0.2) is 46.9 Å². The summed E-state index contributed by atoms with van der Waals surface area (Å²) >= 11 is 6.26. The van der Waals surface area contributed by atoms with Crippen molar-refractivity contribution in [3.8, 4) is 11.1 Å². The molecule has 9 heteroatoms. The van der Waals surface area contributed by atoms with Crippen LogP contribution in [0, 0.1) is 0 Å². The molecular formula is C31H33ClN2O6. The monoisotopic (exact) mass is 564 g/mol. The van der Waals surface area contributed by atoms with Crippen molar-refractivity contribution in [1.29, 1.82) is 0 Å². The highest BCUT2D eigenvalue weighted by molar-refractivity contribution is 6.30. The number of nitrogens with zero attached hydrogens (tertiary/aromatic N) is 1. The van der Waals surface area contributed by atoms with Crippen LogP contribution < -0.4 is 5.32 Å². The second-order valence-corrected chi connectivity index (χ2v) is 11.1. The molecule has 2 amide bonds. The van der Waals surface area contributed by atoms with Crippen LogP contribution in [0.3, 0.4) is 0 Å². The fraction of sp³-hybridized carbons (Fsp3) is 0.323. The molecule has 4 rings (SSSR count). The molecule has 0 unspecified atom stereocenters. The van der Waals surface area contributed by atoms with Crippen LogP contribution in [0.4, 0.5) is 15.3 Å². The number of carboxylic acids is 1. The smallest absolute Gasteiger partial charge is 0.412 e. The molecular weight excluding hydrogens is 532 g/mol. The zero-order chi connectivity index (χ0) is 28.9. The first kappa shape index (κ1) is 29.0. The maximum atomic E-state index is 13.4. The molecule has 0 heterocycles. The van der Waals surface area contributed by atoms with Gasteiger partial charge in [0.05, 0.1) is 6.54 Å². The number of rotatable bonds is 9. The molecule has 0 fully saturated rings. The molecule has 3 aromatic carbocycles. The Labute approximate surface area is 238 Å². The van der Waals surface area contributed by atoms with E-state index in [9.17, 15) is 14.4 Å². The van der Waals surface area contributed by atoms with Crippen molar-refractivity contribution in [2.75, 3.05) is 18.5 Å². The SMILES string of the molecule is CC(C)(C)OC(=O)Nc1ccc(Cl)cc1CN(CCCC(=O)O)C(=O)OCC1c2ccccc2-c2ccccc21. The maximum absolute atomic E-state index is 13.4. The van der Waals surface area contributed by atoms with Gasteiger partial charge in [-0.3, -0.25) is 10.1 Å². The molecule has 1 aliphatic rings. The van der Waals surface area contributed by atoms with E-state index in [1.165, 1.54) is 4.90 Å². The highest BCUT2D eigenvalue weighted by atomic mass is 35.5. The zero-order valence-electron chi connectivity index (χ0n) is 22.8. The van der Waals surface area contributed by atoms with Gasteiger partial charge in [-0.25, -0.2) is 9.59 Å². The quantitative estimate of drug-likeness (QED) is 0.282. The number of carbonyl (C=O) groups excluding carboxylic acids is 2. The van der Waals surface area contributed by atoms with Crippen LogP contribution in [-0.2, 0) is 20.8 Å². The normalized spacial score (nSPS) is 12.3. The Morgan fingerprint density at radius 2 is 1.60 bits per heavy atom. The lowest BCUT2D eigenvalue weighted by molar-refractivity contribution is -0.137. The summed E-state index contributed by atoms with van der Waals surface area (Å²) in [6.07, 6.45) is -1.11. The summed E-state index contributed by atoms with van der Waals surface area (Å²) in [7, 11) is 0. The Bertz CT molecular complexity index is 1360. The average Bonchev–Trinajstić information content (AvgIpc) is 3.20. The maximum Gasteiger partial charge on any atom is 0.412 e. The van der Waals surface area contributed by atoms with Crippen LogP contribution in [0.15, 0.2) is 66.7 Å². The molecule has 2 N–H and O–H groups in total. The Morgan fingerprint density at radius 3 is 2.20 bits per heavy atom. The summed E-state index contributed by atoms with van der Waals surface area (Å²) in [6.45, 7) is 5.59. The molecule has 1 aliphatic carbocycles. The van der Waals surface area contributed by atoms with Crippen molar-refractivity contribution in [2.24, 2.45) is 0 Å². The second kappa shape index (κ2) is 12.4. The molecule has 0 bridgehead atoms. The van der Waals surface area contributed by atoms with Gasteiger partial charge in [0.15, 0.2) is 0 Å². The summed E-state index contributed by atoms with van der Waals surface area (Å²) in [5.41, 5.74) is 4.71. The lowest BCUT2D eigenvalue weighted by Gasteiger charge is -2.25. The van der Waals surface area contributed by atoms with Crippen molar-refractivity contribution in [1.82, 2.24) is 4.90 Å². The standard InChI is InChI=1S/C31H33ClN2O6/c1-31(2,3)40-29(37)33-27-15-14-21(32)17-20(27)18-34(16-8-13-28(35)36)30(38)39-19-26-24-11-6-4-9-22(24)23-10-5-7-12-25(23)26/h4-7,9-12,14-15,17,26H,8,13,16,18-19H2,1-3H3,(H,33,37)(H,35,36). The Kier molecular flexibility index (Phi) is 9.00. The summed E-state index contributed by atoms with van der Waals surface area (Å²) in [4.78, 5) is 38.5. The van der Waals surface area contributed by atoms with Gasteiger partial charge in [-0.2, -0.15) is 0 Å². The minimum absolute atomic E-state index is 0.0436. The van der Waals surface area contributed by atoms with E-state index < -0.39 is 23.8 Å². The number of carboxylic acid groups (broad SMARTS) is 1. The van der Waals surface area contributed by atoms with Gasteiger partial charge in [0.1, 0.15) is 12.2 Å². The third kappa shape index (κ3) is 7.33. The third-order valence-corrected chi connectivity index (χ3v) is 6.71. The number of hydrogen-bond donors (Lipinski definition) is 2. The van der Waals surface area contributed by atoms with Crippen LogP contribution in [0.2, 0.25) is 5.02 Å². The summed E-state index contributed by atoms with van der Waals surface area (Å²) in [6, 6.07) is 21.0. The average molecular weight is 565 g/mol. The molecule has 0 atom stereocenters. The van der Waals surface area contributed by atoms with E-state index in [-0.39, 0.29) is 38.5 Å². The Morgan fingerprint density at radius 1 is 0.975 bits per heavy atom. The molecule has 0 radical (unpaired) electrons. The van der Waals surface area contributed by atoms with Crippen LogP contribution in [0.25, 0.3) is 11.1 Å². The molecule has 0 aliphatic heterocycles. The van der Waals surface area contributed by atoms with Crippen molar-refractivity contribution >= 4 is 35.4 Å². The number of anilines is 1. The molecule has 0 aromatic heterocycles. The van der Waals surface area contributed by atoms with Crippen molar-refractivity contribution in [2.45, 2.75) is 51.7 Å². The number of ether oxygens (including phenoxy) is 2.